The Bertz CT molecular complexity index is 634. The first-order valence-corrected chi connectivity index (χ1v) is 8.78. The van der Waals surface area contributed by atoms with Crippen LogP contribution in [-0.2, 0) is 27.3 Å². The van der Waals surface area contributed by atoms with Gasteiger partial charge in [0.1, 0.15) is 6.61 Å². The minimum atomic E-state index is -0.549. The van der Waals surface area contributed by atoms with E-state index in [0.29, 0.717) is 26.2 Å². The lowest BCUT2D eigenvalue weighted by Crippen LogP contribution is -2.47. The summed E-state index contributed by atoms with van der Waals surface area (Å²) in [6.07, 6.45) is 2.79. The Balaban J connectivity index is 1.64. The molecule has 0 radical (unpaired) electrons. The average molecular weight is 346 g/mol. The third-order valence-electron chi connectivity index (χ3n) is 5.32. The van der Waals surface area contributed by atoms with Gasteiger partial charge in [-0.3, -0.25) is 14.6 Å². The van der Waals surface area contributed by atoms with E-state index in [9.17, 15) is 9.59 Å². The van der Waals surface area contributed by atoms with E-state index in [-0.39, 0.29) is 24.3 Å². The molecule has 0 unspecified atom stereocenters. The molecule has 2 atom stereocenters. The van der Waals surface area contributed by atoms with Crippen LogP contribution in [0.4, 0.5) is 0 Å². The normalized spacial score (nSPS) is 25.0. The Morgan fingerprint density at radius 3 is 3.00 bits per heavy atom. The highest BCUT2D eigenvalue weighted by Gasteiger charge is 2.55. The van der Waals surface area contributed by atoms with Gasteiger partial charge in [-0.15, -0.1) is 0 Å². The molecular weight excluding hydrogens is 320 g/mol. The number of aryl methyl sites for hydroxylation is 1. The van der Waals surface area contributed by atoms with Crippen LogP contribution in [0.2, 0.25) is 0 Å². The summed E-state index contributed by atoms with van der Waals surface area (Å²) in [6, 6.07) is 3.98. The number of pyridine rings is 1. The smallest absolute Gasteiger partial charge is 0.248 e. The minimum absolute atomic E-state index is 0.00316. The quantitative estimate of drug-likeness (QED) is 0.755. The summed E-state index contributed by atoms with van der Waals surface area (Å²) in [6.45, 7) is 4.96. The van der Waals surface area contributed by atoms with Gasteiger partial charge in [-0.25, -0.2) is 0 Å². The van der Waals surface area contributed by atoms with Crippen molar-refractivity contribution in [2.24, 2.45) is 11.3 Å². The molecule has 0 saturated carbocycles. The number of carbonyl (C=O) groups is 2. The van der Waals surface area contributed by atoms with Crippen LogP contribution in [0.5, 0.6) is 0 Å². The van der Waals surface area contributed by atoms with Crippen LogP contribution in [0.15, 0.2) is 18.3 Å². The predicted octanol–water partition coefficient (Wildman–Crippen LogP) is -0.0454. The van der Waals surface area contributed by atoms with Crippen LogP contribution in [0, 0.1) is 11.3 Å². The maximum atomic E-state index is 12.9. The van der Waals surface area contributed by atoms with Crippen molar-refractivity contribution in [1.29, 1.82) is 0 Å². The SMILES string of the molecule is CCc1ccc(CNC(=O)[C@@]23CNC[C@@H]2CN(C(=O)COC)C3)nc1. The third kappa shape index (κ3) is 3.52. The van der Waals surface area contributed by atoms with Crippen molar-refractivity contribution in [2.75, 3.05) is 39.9 Å². The Labute approximate surface area is 148 Å². The van der Waals surface area contributed by atoms with E-state index in [1.54, 1.807) is 4.90 Å². The number of hydrogen-bond donors (Lipinski definition) is 2. The number of amides is 2. The van der Waals surface area contributed by atoms with Gasteiger partial charge in [-0.2, -0.15) is 0 Å². The van der Waals surface area contributed by atoms with E-state index < -0.39 is 5.41 Å². The van der Waals surface area contributed by atoms with E-state index >= 15 is 0 Å². The van der Waals surface area contributed by atoms with Crippen molar-refractivity contribution in [3.8, 4) is 0 Å². The summed E-state index contributed by atoms with van der Waals surface area (Å²) < 4.78 is 4.94. The molecule has 7 nitrogen and oxygen atoms in total. The Hall–Kier alpha value is -1.99. The number of carbonyl (C=O) groups excluding carboxylic acids is 2. The molecule has 136 valence electrons. The number of likely N-dealkylation sites (tertiary alicyclic amines) is 1. The molecule has 0 aromatic carbocycles. The number of fused-ring (bicyclic) bond motifs is 1. The first-order valence-electron chi connectivity index (χ1n) is 8.78. The summed E-state index contributed by atoms with van der Waals surface area (Å²) in [4.78, 5) is 31.2. The fourth-order valence-corrected chi connectivity index (χ4v) is 3.76. The van der Waals surface area contributed by atoms with E-state index in [1.165, 1.54) is 12.7 Å². The number of aromatic nitrogens is 1. The van der Waals surface area contributed by atoms with Crippen LogP contribution in [-0.4, -0.2) is 61.6 Å². The molecule has 2 aliphatic rings. The van der Waals surface area contributed by atoms with E-state index in [0.717, 1.165) is 18.7 Å². The highest BCUT2D eigenvalue weighted by molar-refractivity contribution is 5.86. The number of methoxy groups -OCH3 is 1. The standard InChI is InChI=1S/C18H26N4O3/c1-3-13-4-5-15(20-6-13)8-21-17(24)18-11-19-7-14(18)9-22(12-18)16(23)10-25-2/h4-6,14,19H,3,7-12H2,1-2H3,(H,21,24)/t14-,18-/m1/s1. The Morgan fingerprint density at radius 1 is 1.48 bits per heavy atom. The van der Waals surface area contributed by atoms with Crippen LogP contribution < -0.4 is 10.6 Å². The zero-order chi connectivity index (χ0) is 17.9. The first kappa shape index (κ1) is 17.8. The maximum Gasteiger partial charge on any atom is 0.248 e. The largest absolute Gasteiger partial charge is 0.375 e. The lowest BCUT2D eigenvalue weighted by molar-refractivity contribution is -0.135. The summed E-state index contributed by atoms with van der Waals surface area (Å²) in [5, 5.41) is 6.33. The minimum Gasteiger partial charge on any atom is -0.375 e. The van der Waals surface area contributed by atoms with Gasteiger partial charge in [-0.1, -0.05) is 13.0 Å². The maximum absolute atomic E-state index is 12.9. The predicted molar refractivity (Wildman–Crippen MR) is 92.7 cm³/mol. The zero-order valence-corrected chi connectivity index (χ0v) is 14.9. The third-order valence-corrected chi connectivity index (χ3v) is 5.32. The van der Waals surface area contributed by atoms with E-state index in [2.05, 4.69) is 22.5 Å². The number of rotatable bonds is 6. The van der Waals surface area contributed by atoms with Crippen molar-refractivity contribution in [1.82, 2.24) is 20.5 Å². The van der Waals surface area contributed by atoms with Crippen LogP contribution in [0.25, 0.3) is 0 Å². The molecule has 0 aliphatic carbocycles. The van der Waals surface area contributed by atoms with Gasteiger partial charge in [-0.05, 0) is 18.1 Å². The number of nitrogens with zero attached hydrogens (tertiary/aromatic N) is 2. The monoisotopic (exact) mass is 346 g/mol. The highest BCUT2D eigenvalue weighted by atomic mass is 16.5. The average Bonchev–Trinajstić information content (AvgIpc) is 3.18. The summed E-state index contributed by atoms with van der Waals surface area (Å²) in [5.74, 6) is 0.0845. The second-order valence-electron chi connectivity index (χ2n) is 6.89. The summed E-state index contributed by atoms with van der Waals surface area (Å²) in [7, 11) is 1.51. The molecule has 1 aromatic heterocycles. The Kier molecular flexibility index (Phi) is 5.34. The van der Waals surface area contributed by atoms with E-state index in [1.807, 2.05) is 18.3 Å². The van der Waals surface area contributed by atoms with Gasteiger partial charge in [0.2, 0.25) is 11.8 Å². The molecule has 25 heavy (non-hydrogen) atoms. The van der Waals surface area contributed by atoms with Gasteiger partial charge in [0.15, 0.2) is 0 Å². The molecule has 1 aromatic rings. The molecule has 0 bridgehead atoms. The molecule has 3 heterocycles. The second kappa shape index (κ2) is 7.49. The molecule has 2 amide bonds. The van der Waals surface area contributed by atoms with Crippen molar-refractivity contribution in [3.05, 3.63) is 29.6 Å². The van der Waals surface area contributed by atoms with Gasteiger partial charge < -0.3 is 20.3 Å². The topological polar surface area (TPSA) is 83.6 Å². The van der Waals surface area contributed by atoms with Crippen LogP contribution in [0.3, 0.4) is 0 Å². The lowest BCUT2D eigenvalue weighted by atomic mass is 9.80. The molecular formula is C18H26N4O3. The number of ether oxygens (including phenoxy) is 1. The van der Waals surface area contributed by atoms with Gasteiger partial charge >= 0.3 is 0 Å². The summed E-state index contributed by atoms with van der Waals surface area (Å²) in [5.41, 5.74) is 1.47. The van der Waals surface area contributed by atoms with Crippen molar-refractivity contribution in [3.63, 3.8) is 0 Å². The molecule has 2 fully saturated rings. The van der Waals surface area contributed by atoms with E-state index in [4.69, 9.17) is 4.74 Å². The zero-order valence-electron chi connectivity index (χ0n) is 14.9. The van der Waals surface area contributed by atoms with Gasteiger partial charge in [0.05, 0.1) is 17.7 Å². The fourth-order valence-electron chi connectivity index (χ4n) is 3.76. The molecule has 3 rings (SSSR count). The van der Waals surface area contributed by atoms with Crippen molar-refractivity contribution < 1.29 is 14.3 Å². The first-order chi connectivity index (χ1) is 12.1. The van der Waals surface area contributed by atoms with Crippen molar-refractivity contribution in [2.45, 2.75) is 19.9 Å². The van der Waals surface area contributed by atoms with Gasteiger partial charge in [0.25, 0.3) is 0 Å². The second-order valence-corrected chi connectivity index (χ2v) is 6.89. The van der Waals surface area contributed by atoms with Crippen LogP contribution in [0.1, 0.15) is 18.2 Å². The molecule has 7 heteroatoms. The highest BCUT2D eigenvalue weighted by Crippen LogP contribution is 2.39. The number of hydrogen-bond acceptors (Lipinski definition) is 5. The Morgan fingerprint density at radius 2 is 2.32 bits per heavy atom. The van der Waals surface area contributed by atoms with Crippen LogP contribution >= 0.6 is 0 Å². The number of nitrogens with one attached hydrogen (secondary N) is 2. The molecule has 2 aliphatic heterocycles. The molecule has 2 N–H and O–H groups in total. The van der Waals surface area contributed by atoms with Gasteiger partial charge in [0, 0.05) is 45.4 Å². The lowest BCUT2D eigenvalue weighted by Gasteiger charge is -2.26. The fraction of sp³-hybridized carbons (Fsp3) is 0.611. The van der Waals surface area contributed by atoms with Crippen molar-refractivity contribution >= 4 is 11.8 Å². The summed E-state index contributed by atoms with van der Waals surface area (Å²) >= 11 is 0. The molecule has 2 saturated heterocycles. The molecule has 0 spiro atoms.